The van der Waals surface area contributed by atoms with Crippen molar-refractivity contribution in [2.45, 2.75) is 26.3 Å². The zero-order valence-electron chi connectivity index (χ0n) is 16.8. The van der Waals surface area contributed by atoms with E-state index in [0.717, 1.165) is 37.8 Å². The first-order valence-electron chi connectivity index (χ1n) is 9.92. The number of aliphatic imine (C=N–C) groups is 1. The Kier molecular flexibility index (Phi) is 6.87. The minimum absolute atomic E-state index is 0.659. The molecule has 0 spiro atoms. The number of nitrogens with zero attached hydrogens (tertiary/aromatic N) is 5. The maximum absolute atomic E-state index is 4.91. The van der Waals surface area contributed by atoms with Gasteiger partial charge in [0.25, 0.3) is 0 Å². The Morgan fingerprint density at radius 1 is 1.33 bits per heavy atom. The van der Waals surface area contributed by atoms with E-state index in [1.807, 2.05) is 29.1 Å². The van der Waals surface area contributed by atoms with E-state index < -0.39 is 0 Å². The summed E-state index contributed by atoms with van der Waals surface area (Å²) in [6.45, 7) is 7.02. The lowest BCUT2D eigenvalue weighted by Gasteiger charge is -2.29. The van der Waals surface area contributed by atoms with Crippen molar-refractivity contribution in [1.29, 1.82) is 0 Å². The second-order valence-corrected chi connectivity index (χ2v) is 7.45. The summed E-state index contributed by atoms with van der Waals surface area (Å²) in [5, 5.41) is 7.92. The second-order valence-electron chi connectivity index (χ2n) is 7.45. The van der Waals surface area contributed by atoms with Gasteiger partial charge < -0.3 is 15.1 Å². The molecular weight excluding hydrogens is 336 g/mol. The van der Waals surface area contributed by atoms with E-state index in [1.165, 1.54) is 24.9 Å². The van der Waals surface area contributed by atoms with Gasteiger partial charge in [0.1, 0.15) is 0 Å². The summed E-state index contributed by atoms with van der Waals surface area (Å²) < 4.78 is 1.92. The molecule has 1 atom stereocenters. The van der Waals surface area contributed by atoms with Crippen LogP contribution >= 0.6 is 0 Å². The van der Waals surface area contributed by atoms with Crippen molar-refractivity contribution in [3.05, 3.63) is 48.3 Å². The molecule has 1 aromatic heterocycles. The van der Waals surface area contributed by atoms with Gasteiger partial charge in [0.15, 0.2) is 5.96 Å². The van der Waals surface area contributed by atoms with Crippen LogP contribution in [0.15, 0.2) is 47.7 Å². The van der Waals surface area contributed by atoms with Crippen LogP contribution in [-0.4, -0.2) is 65.8 Å². The summed E-state index contributed by atoms with van der Waals surface area (Å²) in [6.07, 6.45) is 6.58. The molecule has 1 aliphatic rings. The fraction of sp³-hybridized carbons (Fsp3) is 0.524. The topological polar surface area (TPSA) is 48.7 Å². The Bertz CT molecular complexity index is 723. The average molecular weight is 369 g/mol. The molecule has 3 rings (SSSR count). The van der Waals surface area contributed by atoms with E-state index >= 15 is 0 Å². The van der Waals surface area contributed by atoms with Crippen LogP contribution in [0.1, 0.15) is 25.3 Å². The first kappa shape index (κ1) is 19.4. The summed E-state index contributed by atoms with van der Waals surface area (Å²) in [6, 6.07) is 10.2. The largest absolute Gasteiger partial charge is 0.357 e. The maximum atomic E-state index is 4.91. The number of piperidine rings is 1. The molecule has 0 aliphatic carbocycles. The maximum Gasteiger partial charge on any atom is 0.193 e. The van der Waals surface area contributed by atoms with Gasteiger partial charge in [-0.2, -0.15) is 5.10 Å². The fourth-order valence-corrected chi connectivity index (χ4v) is 3.62. The molecule has 27 heavy (non-hydrogen) atoms. The standard InChI is InChI=1S/C21H32N6/c1-4-22-21(23-13-18-9-8-12-25(2)15-18)26(3)16-19-14-24-27(17-19)20-10-6-5-7-11-20/h5-7,10-11,14,17-18H,4,8-9,12-13,15-16H2,1-3H3,(H,22,23). The van der Waals surface area contributed by atoms with Crippen LogP contribution in [0, 0.1) is 5.92 Å². The number of aromatic nitrogens is 2. The number of hydrogen-bond donors (Lipinski definition) is 1. The highest BCUT2D eigenvalue weighted by atomic mass is 15.3. The van der Waals surface area contributed by atoms with E-state index in [4.69, 9.17) is 4.99 Å². The third-order valence-electron chi connectivity index (χ3n) is 4.99. The molecule has 1 aliphatic heterocycles. The van der Waals surface area contributed by atoms with Crippen molar-refractivity contribution in [2.75, 3.05) is 40.3 Å². The molecule has 2 heterocycles. The van der Waals surface area contributed by atoms with Gasteiger partial charge in [0, 0.05) is 45.0 Å². The van der Waals surface area contributed by atoms with Crippen LogP contribution in [-0.2, 0) is 6.54 Å². The molecule has 0 amide bonds. The van der Waals surface area contributed by atoms with E-state index in [-0.39, 0.29) is 0 Å². The van der Waals surface area contributed by atoms with Gasteiger partial charge in [-0.05, 0) is 51.4 Å². The third kappa shape index (κ3) is 5.57. The van der Waals surface area contributed by atoms with E-state index in [9.17, 15) is 0 Å². The molecule has 6 heteroatoms. The number of benzene rings is 1. The van der Waals surface area contributed by atoms with Crippen molar-refractivity contribution in [3.63, 3.8) is 0 Å². The van der Waals surface area contributed by atoms with Crippen molar-refractivity contribution in [2.24, 2.45) is 10.9 Å². The van der Waals surface area contributed by atoms with Gasteiger partial charge in [-0.25, -0.2) is 4.68 Å². The highest BCUT2D eigenvalue weighted by Gasteiger charge is 2.17. The van der Waals surface area contributed by atoms with Gasteiger partial charge in [-0.3, -0.25) is 4.99 Å². The number of guanidine groups is 1. The van der Waals surface area contributed by atoms with Gasteiger partial charge in [-0.1, -0.05) is 18.2 Å². The SMILES string of the molecule is CCNC(=NCC1CCCN(C)C1)N(C)Cc1cnn(-c2ccccc2)c1. The Balaban J connectivity index is 1.62. The van der Waals surface area contributed by atoms with Crippen LogP contribution in [0.25, 0.3) is 5.69 Å². The molecule has 6 nitrogen and oxygen atoms in total. The average Bonchev–Trinajstić information content (AvgIpc) is 3.14. The van der Waals surface area contributed by atoms with Crippen LogP contribution < -0.4 is 5.32 Å². The summed E-state index contributed by atoms with van der Waals surface area (Å²) in [7, 11) is 4.30. The molecule has 146 valence electrons. The molecule has 1 N–H and O–H groups in total. The minimum Gasteiger partial charge on any atom is -0.357 e. The summed E-state index contributed by atoms with van der Waals surface area (Å²) in [4.78, 5) is 9.51. The molecule has 1 unspecified atom stereocenters. The molecule has 2 aromatic rings. The van der Waals surface area contributed by atoms with Crippen LogP contribution in [0.3, 0.4) is 0 Å². The predicted molar refractivity (Wildman–Crippen MR) is 111 cm³/mol. The smallest absolute Gasteiger partial charge is 0.193 e. The van der Waals surface area contributed by atoms with Crippen LogP contribution in [0.4, 0.5) is 0 Å². The fourth-order valence-electron chi connectivity index (χ4n) is 3.62. The van der Waals surface area contributed by atoms with Crippen molar-refractivity contribution >= 4 is 5.96 Å². The summed E-state index contributed by atoms with van der Waals surface area (Å²) >= 11 is 0. The lowest BCUT2D eigenvalue weighted by atomic mass is 9.99. The number of hydrogen-bond acceptors (Lipinski definition) is 3. The van der Waals surface area contributed by atoms with E-state index in [1.54, 1.807) is 0 Å². The van der Waals surface area contributed by atoms with Crippen LogP contribution in [0.2, 0.25) is 0 Å². The minimum atomic E-state index is 0.659. The lowest BCUT2D eigenvalue weighted by Crippen LogP contribution is -2.39. The summed E-state index contributed by atoms with van der Waals surface area (Å²) in [5.74, 6) is 1.63. The second kappa shape index (κ2) is 9.55. The zero-order chi connectivity index (χ0) is 19.1. The highest BCUT2D eigenvalue weighted by molar-refractivity contribution is 5.79. The highest BCUT2D eigenvalue weighted by Crippen LogP contribution is 2.15. The number of likely N-dealkylation sites (tertiary alicyclic amines) is 1. The van der Waals surface area contributed by atoms with Gasteiger partial charge in [-0.15, -0.1) is 0 Å². The molecule has 0 bridgehead atoms. The molecule has 1 aromatic carbocycles. The Labute approximate surface area is 162 Å². The van der Waals surface area contributed by atoms with Crippen LogP contribution in [0.5, 0.6) is 0 Å². The first-order valence-corrected chi connectivity index (χ1v) is 9.92. The normalized spacial score (nSPS) is 18.5. The lowest BCUT2D eigenvalue weighted by molar-refractivity contribution is 0.214. The number of rotatable bonds is 6. The Hall–Kier alpha value is -2.34. The molecular formula is C21H32N6. The van der Waals surface area contributed by atoms with E-state index in [2.05, 4.69) is 59.6 Å². The third-order valence-corrected chi connectivity index (χ3v) is 4.99. The van der Waals surface area contributed by atoms with Crippen molar-refractivity contribution in [1.82, 2.24) is 24.9 Å². The molecule has 0 radical (unpaired) electrons. The van der Waals surface area contributed by atoms with Crippen molar-refractivity contribution in [3.8, 4) is 5.69 Å². The Morgan fingerprint density at radius 3 is 2.89 bits per heavy atom. The first-order chi connectivity index (χ1) is 13.2. The van der Waals surface area contributed by atoms with Gasteiger partial charge in [0.05, 0.1) is 11.9 Å². The summed E-state index contributed by atoms with van der Waals surface area (Å²) in [5.41, 5.74) is 2.25. The number of para-hydroxylation sites is 1. The number of nitrogens with one attached hydrogen (secondary N) is 1. The predicted octanol–water partition coefficient (Wildman–Crippen LogP) is 2.61. The molecule has 0 saturated carbocycles. The van der Waals surface area contributed by atoms with Crippen molar-refractivity contribution < 1.29 is 0 Å². The quantitative estimate of drug-likeness (QED) is 0.629. The Morgan fingerprint density at radius 2 is 2.15 bits per heavy atom. The molecule has 1 fully saturated rings. The monoisotopic (exact) mass is 368 g/mol. The van der Waals surface area contributed by atoms with E-state index in [0.29, 0.717) is 5.92 Å². The van der Waals surface area contributed by atoms with Gasteiger partial charge >= 0.3 is 0 Å². The van der Waals surface area contributed by atoms with Gasteiger partial charge in [0.2, 0.25) is 0 Å². The molecule has 1 saturated heterocycles. The zero-order valence-corrected chi connectivity index (χ0v) is 16.8.